The minimum atomic E-state index is -0.993. The first-order chi connectivity index (χ1) is 16.2. The second-order valence-electron chi connectivity index (χ2n) is 9.47. The number of benzene rings is 2. The van der Waals surface area contributed by atoms with Gasteiger partial charge in [0.1, 0.15) is 11.7 Å². The molecule has 1 N–H and O–H groups in total. The first-order valence-corrected chi connectivity index (χ1v) is 11.5. The molecule has 3 aromatic rings. The fourth-order valence-electron chi connectivity index (χ4n) is 4.72. The first kappa shape index (κ1) is 23.5. The van der Waals surface area contributed by atoms with Crippen LogP contribution < -0.4 is 0 Å². The molecule has 2 aromatic carbocycles. The number of aliphatic hydroxyl groups is 1. The summed E-state index contributed by atoms with van der Waals surface area (Å²) in [4.78, 5) is 19.3. The third kappa shape index (κ3) is 4.80. The van der Waals surface area contributed by atoms with Crippen LogP contribution in [0.3, 0.4) is 0 Å². The third-order valence-corrected chi connectivity index (χ3v) is 6.35. The standard InChI is InChI=1S/C28H29N3O3/c1-20(21-11-13-22(14-12-21)25-23(18-29)8-7-16-30-25)31-17-15-28(34-26(31)32,19-27(2,3)33)24-9-5-4-6-10-24/h4-14,16,20,33H,15,17,19H2,1-3H3. The van der Waals surface area contributed by atoms with Crippen LogP contribution in [0.25, 0.3) is 11.3 Å². The summed E-state index contributed by atoms with van der Waals surface area (Å²) in [7, 11) is 0. The van der Waals surface area contributed by atoms with Gasteiger partial charge in [-0.05, 0) is 44.0 Å². The zero-order valence-electron chi connectivity index (χ0n) is 19.7. The van der Waals surface area contributed by atoms with E-state index in [4.69, 9.17) is 4.74 Å². The summed E-state index contributed by atoms with van der Waals surface area (Å²) >= 11 is 0. The zero-order chi connectivity index (χ0) is 24.3. The highest BCUT2D eigenvalue weighted by Crippen LogP contribution is 2.42. The van der Waals surface area contributed by atoms with Gasteiger partial charge in [0.15, 0.2) is 0 Å². The molecule has 0 aliphatic carbocycles. The smallest absolute Gasteiger partial charge is 0.411 e. The molecule has 6 heteroatoms. The van der Waals surface area contributed by atoms with Gasteiger partial charge in [0.25, 0.3) is 0 Å². The molecule has 0 spiro atoms. The van der Waals surface area contributed by atoms with E-state index in [0.717, 1.165) is 16.7 Å². The number of nitrogens with zero attached hydrogens (tertiary/aromatic N) is 3. The van der Waals surface area contributed by atoms with Gasteiger partial charge < -0.3 is 14.7 Å². The number of cyclic esters (lactones) is 1. The molecule has 2 unspecified atom stereocenters. The molecule has 6 nitrogen and oxygen atoms in total. The Kier molecular flexibility index (Phi) is 6.41. The maximum Gasteiger partial charge on any atom is 0.411 e. The van der Waals surface area contributed by atoms with Crippen molar-refractivity contribution in [3.63, 3.8) is 0 Å². The summed E-state index contributed by atoms with van der Waals surface area (Å²) in [6.07, 6.45) is 2.17. The van der Waals surface area contributed by atoms with Gasteiger partial charge in [-0.3, -0.25) is 4.98 Å². The zero-order valence-corrected chi connectivity index (χ0v) is 19.7. The Hall–Kier alpha value is -3.69. The number of aromatic nitrogens is 1. The second-order valence-corrected chi connectivity index (χ2v) is 9.47. The van der Waals surface area contributed by atoms with Gasteiger partial charge in [0.05, 0.1) is 22.9 Å². The van der Waals surface area contributed by atoms with E-state index in [9.17, 15) is 15.2 Å². The first-order valence-electron chi connectivity index (χ1n) is 11.5. The normalized spacial score (nSPS) is 19.3. The summed E-state index contributed by atoms with van der Waals surface area (Å²) in [5.41, 5.74) is 2.00. The van der Waals surface area contributed by atoms with E-state index in [0.29, 0.717) is 30.6 Å². The summed E-state index contributed by atoms with van der Waals surface area (Å²) in [6.45, 7) is 5.96. The molecule has 1 saturated heterocycles. The molecule has 34 heavy (non-hydrogen) atoms. The molecule has 174 valence electrons. The average molecular weight is 456 g/mol. The van der Waals surface area contributed by atoms with Gasteiger partial charge in [0.2, 0.25) is 0 Å². The molecule has 1 fully saturated rings. The van der Waals surface area contributed by atoms with Gasteiger partial charge in [-0.2, -0.15) is 5.26 Å². The molecule has 0 saturated carbocycles. The van der Waals surface area contributed by atoms with E-state index in [1.807, 2.05) is 61.5 Å². The lowest BCUT2D eigenvalue weighted by Crippen LogP contribution is -2.51. The largest absolute Gasteiger partial charge is 0.438 e. The number of ether oxygens (including phenoxy) is 1. The van der Waals surface area contributed by atoms with Crippen LogP contribution in [-0.2, 0) is 10.3 Å². The van der Waals surface area contributed by atoms with Crippen molar-refractivity contribution in [1.29, 1.82) is 5.26 Å². The molecular weight excluding hydrogens is 426 g/mol. The van der Waals surface area contributed by atoms with Crippen LogP contribution in [0.4, 0.5) is 4.79 Å². The van der Waals surface area contributed by atoms with Gasteiger partial charge in [-0.25, -0.2) is 4.79 Å². The lowest BCUT2D eigenvalue weighted by Gasteiger charge is -2.45. The Bertz CT molecular complexity index is 1200. The molecule has 1 amide bonds. The number of hydrogen-bond donors (Lipinski definition) is 1. The highest BCUT2D eigenvalue weighted by Gasteiger charge is 2.46. The SMILES string of the molecule is CC(c1ccc(-c2ncccc2C#N)cc1)N1CCC(CC(C)(C)O)(c2ccccc2)OC1=O. The number of amides is 1. The fraction of sp³-hybridized carbons (Fsp3) is 0.321. The second kappa shape index (κ2) is 9.28. The number of hydrogen-bond acceptors (Lipinski definition) is 5. The summed E-state index contributed by atoms with van der Waals surface area (Å²) in [5.74, 6) is 0. The molecule has 2 heterocycles. The van der Waals surface area contributed by atoms with Crippen molar-refractivity contribution >= 4 is 6.09 Å². The third-order valence-electron chi connectivity index (χ3n) is 6.35. The number of pyridine rings is 1. The monoisotopic (exact) mass is 455 g/mol. The minimum Gasteiger partial charge on any atom is -0.438 e. The van der Waals surface area contributed by atoms with Crippen LogP contribution >= 0.6 is 0 Å². The lowest BCUT2D eigenvalue weighted by atomic mass is 9.80. The number of nitriles is 1. The van der Waals surface area contributed by atoms with Crippen molar-refractivity contribution in [3.8, 4) is 17.3 Å². The minimum absolute atomic E-state index is 0.198. The average Bonchev–Trinajstić information content (AvgIpc) is 2.83. The molecule has 4 rings (SSSR count). The topological polar surface area (TPSA) is 86.5 Å². The van der Waals surface area contributed by atoms with Gasteiger partial charge in [-0.15, -0.1) is 0 Å². The number of carbonyl (C=O) groups excluding carboxylic acids is 1. The highest BCUT2D eigenvalue weighted by molar-refractivity contribution is 5.71. The van der Waals surface area contributed by atoms with E-state index in [-0.39, 0.29) is 6.04 Å². The Morgan fingerprint density at radius 3 is 2.47 bits per heavy atom. The van der Waals surface area contributed by atoms with E-state index in [1.165, 1.54) is 0 Å². The van der Waals surface area contributed by atoms with Crippen molar-refractivity contribution in [2.45, 2.75) is 50.9 Å². The van der Waals surface area contributed by atoms with Gasteiger partial charge >= 0.3 is 6.09 Å². The maximum absolute atomic E-state index is 13.2. The Balaban J connectivity index is 1.55. The molecule has 1 aromatic heterocycles. The van der Waals surface area contributed by atoms with Crippen LogP contribution in [0.1, 0.15) is 56.3 Å². The predicted octanol–water partition coefficient (Wildman–Crippen LogP) is 5.58. The van der Waals surface area contributed by atoms with Crippen LogP contribution in [0, 0.1) is 11.3 Å². The Morgan fingerprint density at radius 2 is 1.85 bits per heavy atom. The van der Waals surface area contributed by atoms with Crippen LogP contribution in [0.15, 0.2) is 72.9 Å². The van der Waals surface area contributed by atoms with E-state index >= 15 is 0 Å². The Morgan fingerprint density at radius 1 is 1.15 bits per heavy atom. The van der Waals surface area contributed by atoms with Crippen molar-refractivity contribution in [2.24, 2.45) is 0 Å². The fourth-order valence-corrected chi connectivity index (χ4v) is 4.72. The Labute approximate surface area is 200 Å². The number of rotatable bonds is 6. The predicted molar refractivity (Wildman–Crippen MR) is 130 cm³/mol. The molecule has 1 aliphatic rings. The number of carbonyl (C=O) groups is 1. The molecule has 0 radical (unpaired) electrons. The molecule has 1 aliphatic heterocycles. The molecule has 0 bridgehead atoms. The van der Waals surface area contributed by atoms with Gasteiger partial charge in [0, 0.05) is 31.1 Å². The summed E-state index contributed by atoms with van der Waals surface area (Å²) in [5, 5.41) is 19.9. The van der Waals surface area contributed by atoms with Gasteiger partial charge in [-0.1, -0.05) is 54.6 Å². The van der Waals surface area contributed by atoms with Crippen LogP contribution in [-0.4, -0.2) is 33.2 Å². The van der Waals surface area contributed by atoms with E-state index < -0.39 is 17.3 Å². The lowest BCUT2D eigenvalue weighted by molar-refractivity contribution is -0.101. The summed E-state index contributed by atoms with van der Waals surface area (Å²) in [6, 6.07) is 22.9. The highest BCUT2D eigenvalue weighted by atomic mass is 16.6. The summed E-state index contributed by atoms with van der Waals surface area (Å²) < 4.78 is 6.10. The van der Waals surface area contributed by atoms with Crippen molar-refractivity contribution in [3.05, 3.63) is 89.6 Å². The van der Waals surface area contributed by atoms with Crippen molar-refractivity contribution < 1.29 is 14.6 Å². The molecule has 2 atom stereocenters. The van der Waals surface area contributed by atoms with Crippen LogP contribution in [0.5, 0.6) is 0 Å². The quantitative estimate of drug-likeness (QED) is 0.524. The van der Waals surface area contributed by atoms with Crippen LogP contribution in [0.2, 0.25) is 0 Å². The molecular formula is C28H29N3O3. The maximum atomic E-state index is 13.2. The van der Waals surface area contributed by atoms with Crippen molar-refractivity contribution in [2.75, 3.05) is 6.54 Å². The van der Waals surface area contributed by atoms with E-state index in [1.54, 1.807) is 37.1 Å². The van der Waals surface area contributed by atoms with E-state index in [2.05, 4.69) is 11.1 Å². The van der Waals surface area contributed by atoms with Crippen molar-refractivity contribution in [1.82, 2.24) is 9.88 Å².